The van der Waals surface area contributed by atoms with E-state index >= 15 is 0 Å². The van der Waals surface area contributed by atoms with Gasteiger partial charge < -0.3 is 19.8 Å². The van der Waals surface area contributed by atoms with Crippen molar-refractivity contribution < 1.29 is 48.0 Å². The minimum Gasteiger partial charge on any atom is -0.352 e. The number of pyridine rings is 2. The number of aromatic nitrogens is 6. The van der Waals surface area contributed by atoms with Gasteiger partial charge in [-0.05, 0) is 81.6 Å². The number of hydrogen-bond acceptors (Lipinski definition) is 10. The van der Waals surface area contributed by atoms with E-state index in [0.29, 0.717) is 41.5 Å². The third-order valence-electron chi connectivity index (χ3n) is 8.59. The van der Waals surface area contributed by atoms with Crippen LogP contribution in [-0.4, -0.2) is 69.3 Å². The molecule has 0 fully saturated rings. The Morgan fingerprint density at radius 3 is 1.40 bits per heavy atom. The molecule has 58 heavy (non-hydrogen) atoms. The SMILES string of the molecule is CCS(=O)(=O)c1cc(NC=O)c(I)cc1-c1nc2cc(C(F)(F)F)ncc2n1C.CCS(=O)(=O)c1cc(NC=S)c(I)cc1-c1nc2cc(C(F)(F)F)ncc2n1C. The summed E-state index contributed by atoms with van der Waals surface area (Å²) in [5.74, 6) is 0.0373. The number of rotatable bonds is 10. The number of amides is 1. The molecule has 0 bridgehead atoms. The molecule has 0 aliphatic heterocycles. The Hall–Kier alpha value is -4.02. The molecule has 2 aromatic carbocycles. The van der Waals surface area contributed by atoms with E-state index < -0.39 is 43.4 Å². The van der Waals surface area contributed by atoms with Crippen LogP contribution in [-0.2, 0) is 50.9 Å². The summed E-state index contributed by atoms with van der Waals surface area (Å²) in [5.41, 5.74) is 1.21. The molecular formula is C34H28F6I2N8O5S3. The fraction of sp³-hybridized carbons (Fsp3) is 0.235. The lowest BCUT2D eigenvalue weighted by Gasteiger charge is -2.13. The van der Waals surface area contributed by atoms with Crippen molar-refractivity contribution in [1.29, 1.82) is 0 Å². The second kappa shape index (κ2) is 16.9. The van der Waals surface area contributed by atoms with E-state index in [1.807, 2.05) is 45.2 Å². The van der Waals surface area contributed by atoms with Crippen molar-refractivity contribution in [2.75, 3.05) is 22.1 Å². The Morgan fingerprint density at radius 1 is 0.690 bits per heavy atom. The number of anilines is 2. The highest BCUT2D eigenvalue weighted by Gasteiger charge is 2.35. The van der Waals surface area contributed by atoms with E-state index in [-0.39, 0.29) is 49.5 Å². The maximum absolute atomic E-state index is 13.0. The van der Waals surface area contributed by atoms with Crippen molar-refractivity contribution >= 4 is 122 Å². The third kappa shape index (κ3) is 9.08. The van der Waals surface area contributed by atoms with Crippen molar-refractivity contribution in [3.05, 3.63) is 67.3 Å². The van der Waals surface area contributed by atoms with Crippen LogP contribution in [0.1, 0.15) is 25.2 Å². The molecule has 0 radical (unpaired) electrons. The van der Waals surface area contributed by atoms with Crippen molar-refractivity contribution in [3.63, 3.8) is 0 Å². The number of nitrogens with one attached hydrogen (secondary N) is 2. The predicted octanol–water partition coefficient (Wildman–Crippen LogP) is 8.04. The summed E-state index contributed by atoms with van der Waals surface area (Å²) in [6.45, 7) is 2.98. The number of fused-ring (bicyclic) bond motifs is 2. The molecule has 0 spiro atoms. The molecule has 308 valence electrons. The number of carbonyl (C=O) groups is 1. The molecule has 1 amide bonds. The number of halogens is 8. The first kappa shape index (κ1) is 45.1. The number of alkyl halides is 6. The Balaban J connectivity index is 0.000000221. The zero-order chi connectivity index (χ0) is 43.1. The van der Waals surface area contributed by atoms with Gasteiger partial charge in [-0.15, -0.1) is 0 Å². The zero-order valence-electron chi connectivity index (χ0n) is 30.2. The van der Waals surface area contributed by atoms with Gasteiger partial charge in [0.1, 0.15) is 23.0 Å². The van der Waals surface area contributed by atoms with E-state index in [1.54, 1.807) is 20.2 Å². The number of imidazole rings is 2. The molecule has 6 aromatic rings. The maximum Gasteiger partial charge on any atom is 0.433 e. The van der Waals surface area contributed by atoms with Gasteiger partial charge in [0.25, 0.3) is 0 Å². The second-order valence-electron chi connectivity index (χ2n) is 12.1. The topological polar surface area (TPSA) is 171 Å². The lowest BCUT2D eigenvalue weighted by atomic mass is 10.2. The first-order valence-corrected chi connectivity index (χ1v) is 22.2. The predicted molar refractivity (Wildman–Crippen MR) is 226 cm³/mol. The van der Waals surface area contributed by atoms with Crippen molar-refractivity contribution in [2.45, 2.75) is 36.0 Å². The van der Waals surface area contributed by atoms with Crippen LogP contribution in [0.15, 0.2) is 58.6 Å². The van der Waals surface area contributed by atoms with Crippen LogP contribution in [0, 0.1) is 7.14 Å². The quantitative estimate of drug-likeness (QED) is 0.0589. The average Bonchev–Trinajstić information content (AvgIpc) is 3.67. The first-order chi connectivity index (χ1) is 27.0. The molecule has 0 unspecified atom stereocenters. The largest absolute Gasteiger partial charge is 0.433 e. The second-order valence-corrected chi connectivity index (χ2v) is 19.1. The van der Waals surface area contributed by atoms with Crippen molar-refractivity contribution in [3.8, 4) is 22.8 Å². The Labute approximate surface area is 359 Å². The van der Waals surface area contributed by atoms with Crippen LogP contribution in [0.2, 0.25) is 0 Å². The molecule has 6 rings (SSSR count). The molecule has 0 aliphatic rings. The summed E-state index contributed by atoms with van der Waals surface area (Å²) < 4.78 is 133. The highest BCUT2D eigenvalue weighted by atomic mass is 127. The summed E-state index contributed by atoms with van der Waals surface area (Å²) in [6.07, 6.45) is -6.67. The van der Waals surface area contributed by atoms with Crippen LogP contribution in [0.3, 0.4) is 0 Å². The van der Waals surface area contributed by atoms with Gasteiger partial charge in [-0.1, -0.05) is 26.1 Å². The zero-order valence-corrected chi connectivity index (χ0v) is 36.9. The summed E-state index contributed by atoms with van der Waals surface area (Å²) in [6, 6.07) is 7.58. The number of thiocarbonyl (C=S) groups is 1. The smallest absolute Gasteiger partial charge is 0.352 e. The highest BCUT2D eigenvalue weighted by Crippen LogP contribution is 2.38. The molecular weight excluding hydrogens is 1060 g/mol. The Bertz CT molecular complexity index is 2640. The van der Waals surface area contributed by atoms with Crippen molar-refractivity contribution in [2.24, 2.45) is 14.1 Å². The maximum atomic E-state index is 13.0. The lowest BCUT2D eigenvalue weighted by Crippen LogP contribution is -2.09. The lowest BCUT2D eigenvalue weighted by molar-refractivity contribution is -0.141. The molecule has 0 aliphatic carbocycles. The molecule has 4 heterocycles. The number of nitrogens with zero attached hydrogens (tertiary/aromatic N) is 6. The molecule has 0 saturated heterocycles. The number of sulfone groups is 2. The van der Waals surface area contributed by atoms with Gasteiger partial charge >= 0.3 is 12.4 Å². The summed E-state index contributed by atoms with van der Waals surface area (Å²) in [5, 5.41) is 5.25. The minimum atomic E-state index is -4.62. The summed E-state index contributed by atoms with van der Waals surface area (Å²) in [7, 11) is -4.23. The molecule has 2 N–H and O–H groups in total. The third-order valence-corrected chi connectivity index (χ3v) is 14.0. The molecule has 4 aromatic heterocycles. The number of benzene rings is 2. The summed E-state index contributed by atoms with van der Waals surface area (Å²) >= 11 is 8.73. The van der Waals surface area contributed by atoms with E-state index in [2.05, 4.69) is 30.6 Å². The normalized spacial score (nSPS) is 12.3. The monoisotopic (exact) mass is 1090 g/mol. The van der Waals surface area contributed by atoms with Gasteiger partial charge in [-0.2, -0.15) is 26.3 Å². The van der Waals surface area contributed by atoms with Crippen LogP contribution in [0.4, 0.5) is 37.7 Å². The number of aryl methyl sites for hydroxylation is 2. The minimum absolute atomic E-state index is 0.0159. The van der Waals surface area contributed by atoms with E-state index in [4.69, 9.17) is 12.2 Å². The van der Waals surface area contributed by atoms with E-state index in [9.17, 15) is 48.0 Å². The molecule has 13 nitrogen and oxygen atoms in total. The van der Waals surface area contributed by atoms with Gasteiger partial charge in [0.2, 0.25) is 6.41 Å². The fourth-order valence-electron chi connectivity index (χ4n) is 5.60. The Morgan fingerprint density at radius 2 is 1.07 bits per heavy atom. The fourth-order valence-corrected chi connectivity index (χ4v) is 9.16. The van der Waals surface area contributed by atoms with E-state index in [0.717, 1.165) is 24.5 Å². The standard InChI is InChI=1S/C17H14F3IN4O3S.C17H14F3IN4O2S2/c1-3-29(27,28)14-5-11(23-8-26)10(21)4-9(14)16-24-12-6-15(17(18,19)20)22-7-13(12)25(16)2;1-3-29(26,27)14-5-11(23-8-28)10(21)4-9(14)16-24-12-6-15(17(18,19)20)22-7-13(12)25(16)2/h4-8H,3H2,1-2H3,(H,23,26);4-8H,3H2,1-2H3,(H,23,28). The van der Waals surface area contributed by atoms with Crippen LogP contribution < -0.4 is 10.6 Å². The van der Waals surface area contributed by atoms with E-state index in [1.165, 1.54) is 46.7 Å². The van der Waals surface area contributed by atoms with Crippen LogP contribution in [0.25, 0.3) is 44.8 Å². The van der Waals surface area contributed by atoms with Gasteiger partial charge in [0, 0.05) is 32.4 Å². The van der Waals surface area contributed by atoms with Gasteiger partial charge in [-0.25, -0.2) is 36.8 Å². The first-order valence-electron chi connectivity index (χ1n) is 16.3. The van der Waals surface area contributed by atoms with Crippen molar-refractivity contribution in [1.82, 2.24) is 29.1 Å². The number of hydrogen-bond donors (Lipinski definition) is 2. The Kier molecular flexibility index (Phi) is 13.1. The van der Waals surface area contributed by atoms with Crippen LogP contribution in [0.5, 0.6) is 0 Å². The average molecular weight is 1090 g/mol. The molecule has 0 saturated carbocycles. The van der Waals surface area contributed by atoms with Gasteiger partial charge in [0.05, 0.1) is 72.6 Å². The number of carbonyl (C=O) groups excluding carboxylic acids is 1. The highest BCUT2D eigenvalue weighted by molar-refractivity contribution is 14.1. The molecule has 24 heteroatoms. The van der Waals surface area contributed by atoms with Gasteiger partial charge in [0.15, 0.2) is 19.7 Å². The van der Waals surface area contributed by atoms with Gasteiger partial charge in [-0.3, -0.25) is 4.79 Å². The summed E-state index contributed by atoms with van der Waals surface area (Å²) in [4.78, 5) is 26.2. The van der Waals surface area contributed by atoms with Crippen LogP contribution >= 0.6 is 57.4 Å². The molecule has 0 atom stereocenters.